The summed E-state index contributed by atoms with van der Waals surface area (Å²) in [6.45, 7) is 1.93. The molecular weight excluding hydrogens is 428 g/mol. The minimum atomic E-state index is -3.54. The smallest absolute Gasteiger partial charge is 0.251 e. The summed E-state index contributed by atoms with van der Waals surface area (Å²) < 4.78 is 32.7. The Kier molecular flexibility index (Phi) is 5.90. The highest BCUT2D eigenvalue weighted by molar-refractivity contribution is 9.10. The Labute approximate surface area is 159 Å². The van der Waals surface area contributed by atoms with Gasteiger partial charge in [-0.3, -0.25) is 4.79 Å². The van der Waals surface area contributed by atoms with Gasteiger partial charge in [-0.05, 0) is 46.3 Å². The monoisotopic (exact) mass is 444 g/mol. The van der Waals surface area contributed by atoms with Crippen LogP contribution in [0.4, 0.5) is 0 Å². The molecule has 0 spiro atoms. The molecule has 1 fully saturated rings. The van der Waals surface area contributed by atoms with Gasteiger partial charge in [0.1, 0.15) is 0 Å². The number of benzene rings is 1. The van der Waals surface area contributed by atoms with Crippen LogP contribution < -0.4 is 5.32 Å². The molecule has 2 heterocycles. The van der Waals surface area contributed by atoms with Crippen molar-refractivity contribution in [3.63, 3.8) is 0 Å². The Hall–Kier alpha value is -1.26. The number of carbonyl (C=O) groups excluding carboxylic acids is 1. The number of nitrogens with one attached hydrogen (secondary N) is 1. The van der Waals surface area contributed by atoms with Crippen LogP contribution in [0, 0.1) is 0 Å². The highest BCUT2D eigenvalue weighted by Crippen LogP contribution is 2.20. The Bertz CT molecular complexity index is 843. The number of halogens is 1. The number of sulfonamides is 1. The molecule has 25 heavy (non-hydrogen) atoms. The zero-order valence-electron chi connectivity index (χ0n) is 13.3. The maximum Gasteiger partial charge on any atom is 0.251 e. The van der Waals surface area contributed by atoms with Gasteiger partial charge in [-0.1, -0.05) is 0 Å². The lowest BCUT2D eigenvalue weighted by molar-refractivity contribution is 0.0730. The number of nitrogens with zero attached hydrogens (tertiary/aromatic N) is 1. The largest absolute Gasteiger partial charge is 0.379 e. The van der Waals surface area contributed by atoms with Gasteiger partial charge >= 0.3 is 0 Å². The first kappa shape index (κ1) is 18.5. The first-order chi connectivity index (χ1) is 12.0. The first-order valence-corrected chi connectivity index (χ1v) is 10.8. The first-order valence-electron chi connectivity index (χ1n) is 7.66. The third kappa shape index (κ3) is 4.48. The fourth-order valence-electron chi connectivity index (χ4n) is 2.43. The van der Waals surface area contributed by atoms with E-state index in [0.717, 1.165) is 9.35 Å². The highest BCUT2D eigenvalue weighted by atomic mass is 79.9. The number of rotatable bonds is 5. The van der Waals surface area contributed by atoms with E-state index in [1.165, 1.54) is 28.6 Å². The predicted molar refractivity (Wildman–Crippen MR) is 99.2 cm³/mol. The molecule has 0 saturated carbocycles. The summed E-state index contributed by atoms with van der Waals surface area (Å²) in [6, 6.07) is 7.96. The molecule has 1 aromatic heterocycles. The molecule has 2 aromatic rings. The zero-order valence-corrected chi connectivity index (χ0v) is 16.5. The molecule has 1 saturated heterocycles. The fourth-order valence-corrected chi connectivity index (χ4v) is 5.23. The Morgan fingerprint density at radius 2 is 1.92 bits per heavy atom. The van der Waals surface area contributed by atoms with Crippen molar-refractivity contribution in [2.75, 3.05) is 26.3 Å². The molecule has 1 amide bonds. The third-order valence-corrected chi connectivity index (χ3v) is 7.38. The van der Waals surface area contributed by atoms with Crippen LogP contribution in [0.5, 0.6) is 0 Å². The number of hydrogen-bond acceptors (Lipinski definition) is 5. The van der Waals surface area contributed by atoms with Gasteiger partial charge < -0.3 is 10.1 Å². The van der Waals surface area contributed by atoms with Crippen molar-refractivity contribution in [3.8, 4) is 0 Å². The molecule has 0 bridgehead atoms. The number of amides is 1. The Balaban J connectivity index is 1.65. The predicted octanol–water partition coefficient (Wildman–Crippen LogP) is 2.46. The van der Waals surface area contributed by atoms with Crippen LogP contribution in [0.2, 0.25) is 0 Å². The van der Waals surface area contributed by atoms with E-state index in [1.807, 2.05) is 11.4 Å². The second kappa shape index (κ2) is 7.96. The number of carbonyl (C=O) groups is 1. The van der Waals surface area contributed by atoms with Crippen LogP contribution in [0.25, 0.3) is 0 Å². The normalized spacial score (nSPS) is 15.9. The summed E-state index contributed by atoms with van der Waals surface area (Å²) in [4.78, 5) is 13.4. The van der Waals surface area contributed by atoms with Crippen molar-refractivity contribution in [2.24, 2.45) is 0 Å². The van der Waals surface area contributed by atoms with Gasteiger partial charge in [0, 0.05) is 33.4 Å². The molecule has 0 atom stereocenters. The van der Waals surface area contributed by atoms with Gasteiger partial charge in [0.15, 0.2) is 0 Å². The van der Waals surface area contributed by atoms with E-state index >= 15 is 0 Å². The molecule has 134 valence electrons. The van der Waals surface area contributed by atoms with Crippen molar-refractivity contribution < 1.29 is 17.9 Å². The van der Waals surface area contributed by atoms with Crippen LogP contribution in [-0.2, 0) is 21.3 Å². The maximum atomic E-state index is 12.5. The average molecular weight is 445 g/mol. The summed E-state index contributed by atoms with van der Waals surface area (Å²) in [7, 11) is -3.54. The van der Waals surface area contributed by atoms with Gasteiger partial charge in [-0.25, -0.2) is 8.42 Å². The second-order valence-electron chi connectivity index (χ2n) is 5.45. The van der Waals surface area contributed by atoms with Gasteiger partial charge in [0.25, 0.3) is 5.91 Å². The maximum absolute atomic E-state index is 12.5. The molecule has 1 aromatic carbocycles. The molecule has 0 radical (unpaired) electrons. The van der Waals surface area contributed by atoms with E-state index < -0.39 is 10.0 Å². The number of morpholine rings is 1. The lowest BCUT2D eigenvalue weighted by Crippen LogP contribution is -2.40. The van der Waals surface area contributed by atoms with Crippen LogP contribution in [0.15, 0.2) is 45.1 Å². The van der Waals surface area contributed by atoms with Gasteiger partial charge in [0.05, 0.1) is 24.7 Å². The third-order valence-electron chi connectivity index (χ3n) is 3.77. The number of hydrogen-bond donors (Lipinski definition) is 1. The molecule has 1 N–H and O–H groups in total. The van der Waals surface area contributed by atoms with E-state index in [0.29, 0.717) is 38.4 Å². The standard InChI is InChI=1S/C16H17BrN2O4S2/c17-13-9-14(24-11-13)10-18-16(20)12-1-3-15(4-2-12)25(21,22)19-5-7-23-8-6-19/h1-4,9,11H,5-8,10H2,(H,18,20). The summed E-state index contributed by atoms with van der Waals surface area (Å²) in [6.07, 6.45) is 0. The van der Waals surface area contributed by atoms with Gasteiger partial charge in [-0.15, -0.1) is 11.3 Å². The topological polar surface area (TPSA) is 75.7 Å². The van der Waals surface area contributed by atoms with E-state index in [-0.39, 0.29) is 10.8 Å². The molecule has 1 aliphatic heterocycles. The number of ether oxygens (including phenoxy) is 1. The Morgan fingerprint density at radius 3 is 2.52 bits per heavy atom. The average Bonchev–Trinajstić information content (AvgIpc) is 3.06. The molecule has 3 rings (SSSR count). The summed E-state index contributed by atoms with van der Waals surface area (Å²) >= 11 is 4.92. The molecule has 1 aliphatic rings. The summed E-state index contributed by atoms with van der Waals surface area (Å²) in [5.41, 5.74) is 0.427. The lowest BCUT2D eigenvalue weighted by atomic mass is 10.2. The molecule has 0 aliphatic carbocycles. The second-order valence-corrected chi connectivity index (χ2v) is 9.30. The minimum absolute atomic E-state index is 0.188. The van der Waals surface area contributed by atoms with Crippen LogP contribution in [0.3, 0.4) is 0 Å². The van der Waals surface area contributed by atoms with Crippen LogP contribution in [-0.4, -0.2) is 44.9 Å². The molecule has 9 heteroatoms. The molecular formula is C16H17BrN2O4S2. The minimum Gasteiger partial charge on any atom is -0.379 e. The van der Waals surface area contributed by atoms with Crippen molar-refractivity contribution >= 4 is 43.2 Å². The summed E-state index contributed by atoms with van der Waals surface area (Å²) in [5, 5.41) is 4.78. The molecule has 0 unspecified atom stereocenters. The van der Waals surface area contributed by atoms with Crippen molar-refractivity contribution in [3.05, 3.63) is 50.6 Å². The number of thiophene rings is 1. The van der Waals surface area contributed by atoms with Crippen LogP contribution in [0.1, 0.15) is 15.2 Å². The lowest BCUT2D eigenvalue weighted by Gasteiger charge is -2.26. The van der Waals surface area contributed by atoms with Crippen molar-refractivity contribution in [1.29, 1.82) is 0 Å². The van der Waals surface area contributed by atoms with Crippen LogP contribution >= 0.6 is 27.3 Å². The van der Waals surface area contributed by atoms with Gasteiger partial charge in [-0.2, -0.15) is 4.31 Å². The summed E-state index contributed by atoms with van der Waals surface area (Å²) in [5.74, 6) is -0.236. The van der Waals surface area contributed by atoms with Crippen molar-refractivity contribution in [2.45, 2.75) is 11.4 Å². The van der Waals surface area contributed by atoms with E-state index in [9.17, 15) is 13.2 Å². The SMILES string of the molecule is O=C(NCc1cc(Br)cs1)c1ccc(S(=O)(=O)N2CCOCC2)cc1. The van der Waals surface area contributed by atoms with E-state index in [2.05, 4.69) is 21.2 Å². The zero-order chi connectivity index (χ0) is 17.9. The van der Waals surface area contributed by atoms with E-state index in [4.69, 9.17) is 4.74 Å². The van der Waals surface area contributed by atoms with Crippen molar-refractivity contribution in [1.82, 2.24) is 9.62 Å². The highest BCUT2D eigenvalue weighted by Gasteiger charge is 2.26. The van der Waals surface area contributed by atoms with E-state index in [1.54, 1.807) is 11.3 Å². The fraction of sp³-hybridized carbons (Fsp3) is 0.312. The van der Waals surface area contributed by atoms with Gasteiger partial charge in [0.2, 0.25) is 10.0 Å². The Morgan fingerprint density at radius 1 is 1.24 bits per heavy atom. The quantitative estimate of drug-likeness (QED) is 0.768. The molecule has 6 nitrogen and oxygen atoms in total.